The topological polar surface area (TPSA) is 87.0 Å². The van der Waals surface area contributed by atoms with E-state index in [2.05, 4.69) is 6.08 Å². The van der Waals surface area contributed by atoms with Gasteiger partial charge in [0.15, 0.2) is 17.3 Å². The minimum Gasteiger partial charge on any atom is -0.507 e. The van der Waals surface area contributed by atoms with Crippen LogP contribution >= 0.6 is 0 Å². The largest absolute Gasteiger partial charge is 0.507 e. The minimum atomic E-state index is -0.626. The average molecular weight is 406 g/mol. The van der Waals surface area contributed by atoms with Gasteiger partial charge >= 0.3 is 0 Å². The van der Waals surface area contributed by atoms with Crippen LogP contribution in [0.15, 0.2) is 54.1 Å². The number of ether oxygens (including phenoxy) is 1. The molecule has 1 aliphatic heterocycles. The summed E-state index contributed by atoms with van der Waals surface area (Å²) in [5.41, 5.74) is 1.30. The van der Waals surface area contributed by atoms with Gasteiger partial charge < -0.3 is 20.1 Å². The molecule has 0 saturated carbocycles. The molecule has 0 spiro atoms. The van der Waals surface area contributed by atoms with Crippen LogP contribution in [0.25, 0.3) is 12.2 Å². The summed E-state index contributed by atoms with van der Waals surface area (Å²) in [6.07, 6.45) is 9.86. The number of phenolic OH excluding ortho intramolecular Hbond substituents is 3. The van der Waals surface area contributed by atoms with Gasteiger partial charge in [-0.05, 0) is 70.0 Å². The van der Waals surface area contributed by atoms with E-state index in [0.29, 0.717) is 12.0 Å². The number of aromatic hydroxyl groups is 3. The van der Waals surface area contributed by atoms with Gasteiger partial charge in [-0.3, -0.25) is 4.79 Å². The lowest BCUT2D eigenvalue weighted by atomic mass is 9.92. The van der Waals surface area contributed by atoms with E-state index in [9.17, 15) is 20.1 Å². The smallest absolute Gasteiger partial charge is 0.189 e. The fourth-order valence-corrected chi connectivity index (χ4v) is 3.30. The van der Waals surface area contributed by atoms with Crippen LogP contribution < -0.4 is 4.74 Å². The summed E-state index contributed by atoms with van der Waals surface area (Å²) in [4.78, 5) is 12.6. The van der Waals surface area contributed by atoms with Crippen molar-refractivity contribution in [3.8, 4) is 23.0 Å². The zero-order valence-corrected chi connectivity index (χ0v) is 17.3. The number of rotatable bonds is 6. The number of fused-ring (bicyclic) bond motifs is 1. The predicted octanol–water partition coefficient (Wildman–Crippen LogP) is 5.61. The monoisotopic (exact) mass is 406 g/mol. The maximum Gasteiger partial charge on any atom is 0.189 e. The first kappa shape index (κ1) is 21.2. The Kier molecular flexibility index (Phi) is 6.01. The molecule has 1 heterocycles. The quantitative estimate of drug-likeness (QED) is 0.251. The predicted molar refractivity (Wildman–Crippen MR) is 118 cm³/mol. The first-order valence-corrected chi connectivity index (χ1v) is 9.81. The van der Waals surface area contributed by atoms with Gasteiger partial charge in [-0.25, -0.2) is 0 Å². The molecule has 0 aliphatic carbocycles. The highest BCUT2D eigenvalue weighted by Crippen LogP contribution is 2.45. The van der Waals surface area contributed by atoms with Crippen LogP contribution in [0.3, 0.4) is 0 Å². The van der Waals surface area contributed by atoms with Gasteiger partial charge in [-0.15, -0.1) is 0 Å². The summed E-state index contributed by atoms with van der Waals surface area (Å²) >= 11 is 0. The Hall–Kier alpha value is -3.47. The van der Waals surface area contributed by atoms with Crippen molar-refractivity contribution in [2.75, 3.05) is 0 Å². The number of allylic oxidation sites excluding steroid dienone is 3. The highest BCUT2D eigenvalue weighted by molar-refractivity contribution is 6.10. The number of benzene rings is 2. The Morgan fingerprint density at radius 1 is 1.13 bits per heavy atom. The molecule has 5 heteroatoms. The van der Waals surface area contributed by atoms with Crippen molar-refractivity contribution in [2.45, 2.75) is 39.2 Å². The van der Waals surface area contributed by atoms with Gasteiger partial charge in [-0.2, -0.15) is 0 Å². The Balaban J connectivity index is 1.87. The van der Waals surface area contributed by atoms with Crippen LogP contribution in [0.1, 0.15) is 55.1 Å². The maximum absolute atomic E-state index is 12.6. The third kappa shape index (κ3) is 4.57. The third-order valence-electron chi connectivity index (χ3n) is 5.02. The number of carbonyl (C=O) groups is 1. The van der Waals surface area contributed by atoms with E-state index in [4.69, 9.17) is 4.74 Å². The van der Waals surface area contributed by atoms with E-state index in [1.165, 1.54) is 29.9 Å². The molecule has 1 atom stereocenters. The molecule has 0 aromatic heterocycles. The summed E-state index contributed by atoms with van der Waals surface area (Å²) in [5.74, 6) is -0.755. The summed E-state index contributed by atoms with van der Waals surface area (Å²) in [5, 5.41) is 30.9. The summed E-state index contributed by atoms with van der Waals surface area (Å²) in [7, 11) is 0. The maximum atomic E-state index is 12.6. The first-order valence-electron chi connectivity index (χ1n) is 9.81. The third-order valence-corrected chi connectivity index (χ3v) is 5.02. The zero-order valence-electron chi connectivity index (χ0n) is 17.3. The lowest BCUT2D eigenvalue weighted by Crippen LogP contribution is -2.31. The molecule has 0 bridgehead atoms. The van der Waals surface area contributed by atoms with E-state index >= 15 is 0 Å². The van der Waals surface area contributed by atoms with Crippen molar-refractivity contribution in [3.05, 3.63) is 70.8 Å². The second-order valence-electron chi connectivity index (χ2n) is 7.86. The van der Waals surface area contributed by atoms with Gasteiger partial charge in [0, 0.05) is 5.56 Å². The van der Waals surface area contributed by atoms with Gasteiger partial charge in [0.25, 0.3) is 0 Å². The molecular weight excluding hydrogens is 380 g/mol. The zero-order chi connectivity index (χ0) is 21.9. The van der Waals surface area contributed by atoms with Crippen molar-refractivity contribution in [1.29, 1.82) is 0 Å². The van der Waals surface area contributed by atoms with E-state index in [1.807, 2.05) is 26.8 Å². The highest BCUT2D eigenvalue weighted by atomic mass is 16.5. The fraction of sp³-hybridized carbons (Fsp3) is 0.240. The van der Waals surface area contributed by atoms with E-state index in [0.717, 1.165) is 6.42 Å². The molecule has 0 saturated heterocycles. The van der Waals surface area contributed by atoms with Crippen molar-refractivity contribution in [3.63, 3.8) is 0 Å². The number of phenols is 3. The van der Waals surface area contributed by atoms with Gasteiger partial charge in [0.2, 0.25) is 0 Å². The minimum absolute atomic E-state index is 0.0423. The number of hydrogen-bond acceptors (Lipinski definition) is 5. The molecule has 2 aromatic rings. The number of carbonyl (C=O) groups excluding carboxylic acids is 1. The van der Waals surface area contributed by atoms with Gasteiger partial charge in [0.05, 0.1) is 11.1 Å². The van der Waals surface area contributed by atoms with Gasteiger partial charge in [-0.1, -0.05) is 29.8 Å². The van der Waals surface area contributed by atoms with E-state index < -0.39 is 11.4 Å². The molecule has 5 nitrogen and oxygen atoms in total. The van der Waals surface area contributed by atoms with Crippen molar-refractivity contribution in [2.24, 2.45) is 0 Å². The molecule has 156 valence electrons. The second-order valence-corrected chi connectivity index (χ2v) is 7.86. The number of ketones is 1. The molecule has 30 heavy (non-hydrogen) atoms. The number of para-hydroxylation sites is 1. The molecule has 3 rings (SSSR count). The second kappa shape index (κ2) is 8.49. The summed E-state index contributed by atoms with van der Waals surface area (Å²) in [6.45, 7) is 5.98. The molecule has 3 N–H and O–H groups in total. The van der Waals surface area contributed by atoms with E-state index in [-0.39, 0.29) is 34.1 Å². The normalized spacial score (nSPS) is 17.4. The molecule has 1 aliphatic rings. The summed E-state index contributed by atoms with van der Waals surface area (Å²) in [6, 6.07) is 7.81. The van der Waals surface area contributed by atoms with Crippen LogP contribution in [0.4, 0.5) is 0 Å². The fourth-order valence-electron chi connectivity index (χ4n) is 3.30. The Morgan fingerprint density at radius 3 is 2.57 bits per heavy atom. The SMILES string of the molecule is CC(C)=CCCC1(C)C=Cc2c(O)c(C(=O)/C=C/c3ccccc3O)cc(O)c2O1. The van der Waals surface area contributed by atoms with Crippen LogP contribution in [0.2, 0.25) is 0 Å². The summed E-state index contributed by atoms with van der Waals surface area (Å²) < 4.78 is 6.00. The van der Waals surface area contributed by atoms with Crippen molar-refractivity contribution in [1.82, 2.24) is 0 Å². The molecule has 0 amide bonds. The lowest BCUT2D eigenvalue weighted by molar-refractivity contribution is 0.104. The van der Waals surface area contributed by atoms with Gasteiger partial charge in [0.1, 0.15) is 17.1 Å². The Bertz CT molecular complexity index is 1060. The van der Waals surface area contributed by atoms with Crippen molar-refractivity contribution < 1.29 is 24.9 Å². The molecule has 2 aromatic carbocycles. The highest BCUT2D eigenvalue weighted by Gasteiger charge is 2.31. The van der Waals surface area contributed by atoms with Crippen LogP contribution in [0, 0.1) is 0 Å². The van der Waals surface area contributed by atoms with E-state index in [1.54, 1.807) is 24.3 Å². The first-order chi connectivity index (χ1) is 14.2. The molecule has 1 unspecified atom stereocenters. The molecular formula is C25H26O5. The van der Waals surface area contributed by atoms with Crippen LogP contribution in [0.5, 0.6) is 23.0 Å². The van der Waals surface area contributed by atoms with Crippen LogP contribution in [-0.4, -0.2) is 26.7 Å². The number of hydrogen-bond donors (Lipinski definition) is 3. The average Bonchev–Trinajstić information content (AvgIpc) is 2.69. The Labute approximate surface area is 176 Å². The lowest BCUT2D eigenvalue weighted by Gasteiger charge is -2.32. The van der Waals surface area contributed by atoms with Crippen LogP contribution in [-0.2, 0) is 0 Å². The Morgan fingerprint density at radius 2 is 1.87 bits per heavy atom. The van der Waals surface area contributed by atoms with Crippen molar-refractivity contribution >= 4 is 17.9 Å². The molecule has 0 radical (unpaired) electrons. The standard InChI is InChI=1S/C25H26O5/c1-16(2)7-6-13-25(3)14-12-18-23(29)19(15-22(28)24(18)30-25)21(27)11-10-17-8-4-5-9-20(17)26/h4-5,7-12,14-15,26,28-29H,6,13H2,1-3H3/b11-10+. The molecule has 0 fully saturated rings.